The van der Waals surface area contributed by atoms with E-state index in [9.17, 15) is 0 Å². The predicted molar refractivity (Wildman–Crippen MR) is 80.4 cm³/mol. The monoisotopic (exact) mass is 267 g/mol. The topological polar surface area (TPSA) is 37.8 Å². The Bertz CT molecular complexity index is 553. The van der Waals surface area contributed by atoms with Crippen LogP contribution in [0.25, 0.3) is 0 Å². The molecule has 20 heavy (non-hydrogen) atoms. The molecule has 0 bridgehead atoms. The zero-order valence-electron chi connectivity index (χ0n) is 11.9. The van der Waals surface area contributed by atoms with Gasteiger partial charge in [-0.25, -0.2) is 0 Å². The second-order valence-electron chi connectivity index (χ2n) is 5.44. The van der Waals surface area contributed by atoms with Crippen LogP contribution in [-0.2, 0) is 12.8 Å². The van der Waals surface area contributed by atoms with E-state index in [4.69, 9.17) is 0 Å². The summed E-state index contributed by atoms with van der Waals surface area (Å²) >= 11 is 0. The number of aromatic nitrogens is 2. The number of nitrogens with one attached hydrogen (secondary N) is 1. The van der Waals surface area contributed by atoms with Gasteiger partial charge >= 0.3 is 0 Å². The standard InChI is InChI=1S/C17H21N3/c1-2-19-17(16-12-18-9-10-20-16)15-8-7-13-5-3-4-6-14(13)11-15/h3-6,9-10,12,15,17,19H,2,7-8,11H2,1H3. The molecular weight excluding hydrogens is 246 g/mol. The summed E-state index contributed by atoms with van der Waals surface area (Å²) in [5.74, 6) is 0.599. The van der Waals surface area contributed by atoms with Gasteiger partial charge in [0.1, 0.15) is 0 Å². The summed E-state index contributed by atoms with van der Waals surface area (Å²) in [5.41, 5.74) is 4.08. The molecule has 0 aliphatic heterocycles. The number of nitrogens with zero attached hydrogens (tertiary/aromatic N) is 2. The van der Waals surface area contributed by atoms with Gasteiger partial charge < -0.3 is 5.32 Å². The fourth-order valence-electron chi connectivity index (χ4n) is 3.21. The molecule has 2 unspecified atom stereocenters. The molecule has 0 spiro atoms. The van der Waals surface area contributed by atoms with Crippen molar-refractivity contribution in [3.05, 3.63) is 59.7 Å². The van der Waals surface area contributed by atoms with Gasteiger partial charge in [-0.1, -0.05) is 31.2 Å². The summed E-state index contributed by atoms with van der Waals surface area (Å²) in [6, 6.07) is 9.12. The van der Waals surface area contributed by atoms with Gasteiger partial charge in [-0.3, -0.25) is 9.97 Å². The quantitative estimate of drug-likeness (QED) is 0.925. The van der Waals surface area contributed by atoms with Crippen LogP contribution in [-0.4, -0.2) is 16.5 Å². The summed E-state index contributed by atoms with van der Waals surface area (Å²) in [4.78, 5) is 8.73. The number of benzene rings is 1. The van der Waals surface area contributed by atoms with Crippen molar-refractivity contribution in [2.24, 2.45) is 5.92 Å². The maximum absolute atomic E-state index is 4.50. The lowest BCUT2D eigenvalue weighted by molar-refractivity contribution is 0.324. The molecule has 1 aromatic carbocycles. The Hall–Kier alpha value is -1.74. The lowest BCUT2D eigenvalue weighted by Crippen LogP contribution is -2.32. The molecule has 3 nitrogen and oxygen atoms in total. The van der Waals surface area contributed by atoms with Crippen LogP contribution < -0.4 is 5.32 Å². The van der Waals surface area contributed by atoms with Crippen LogP contribution >= 0.6 is 0 Å². The number of hydrogen-bond acceptors (Lipinski definition) is 3. The van der Waals surface area contributed by atoms with Crippen molar-refractivity contribution in [2.75, 3.05) is 6.54 Å². The van der Waals surface area contributed by atoms with Crippen LogP contribution in [0.15, 0.2) is 42.9 Å². The third-order valence-electron chi connectivity index (χ3n) is 4.18. The summed E-state index contributed by atoms with van der Waals surface area (Å²) in [6.07, 6.45) is 8.94. The van der Waals surface area contributed by atoms with E-state index < -0.39 is 0 Å². The van der Waals surface area contributed by atoms with Gasteiger partial charge in [-0.2, -0.15) is 0 Å². The fraction of sp³-hybridized carbons (Fsp3) is 0.412. The minimum atomic E-state index is 0.307. The lowest BCUT2D eigenvalue weighted by Gasteiger charge is -2.31. The zero-order valence-corrected chi connectivity index (χ0v) is 11.9. The smallest absolute Gasteiger partial charge is 0.0759 e. The molecular formula is C17H21N3. The van der Waals surface area contributed by atoms with Gasteiger partial charge in [0, 0.05) is 18.6 Å². The van der Waals surface area contributed by atoms with Crippen LogP contribution in [0.4, 0.5) is 0 Å². The highest BCUT2D eigenvalue weighted by Gasteiger charge is 2.27. The van der Waals surface area contributed by atoms with Crippen molar-refractivity contribution in [1.29, 1.82) is 0 Å². The third-order valence-corrected chi connectivity index (χ3v) is 4.18. The number of hydrogen-bond donors (Lipinski definition) is 1. The van der Waals surface area contributed by atoms with Crippen molar-refractivity contribution in [3.8, 4) is 0 Å². The van der Waals surface area contributed by atoms with Crippen LogP contribution in [0.3, 0.4) is 0 Å². The third kappa shape index (κ3) is 2.73. The largest absolute Gasteiger partial charge is 0.309 e. The van der Waals surface area contributed by atoms with E-state index in [0.29, 0.717) is 12.0 Å². The molecule has 0 saturated carbocycles. The van der Waals surface area contributed by atoms with E-state index in [1.165, 1.54) is 24.0 Å². The number of rotatable bonds is 4. The summed E-state index contributed by atoms with van der Waals surface area (Å²) < 4.78 is 0. The Labute approximate surface area is 120 Å². The first kappa shape index (κ1) is 13.3. The molecule has 3 rings (SSSR count). The highest BCUT2D eigenvalue weighted by Crippen LogP contribution is 2.33. The Kier molecular flexibility index (Phi) is 4.07. The Balaban J connectivity index is 1.83. The molecule has 0 amide bonds. The molecule has 104 valence electrons. The van der Waals surface area contributed by atoms with Gasteiger partial charge in [0.05, 0.1) is 11.7 Å². The highest BCUT2D eigenvalue weighted by molar-refractivity contribution is 5.30. The Morgan fingerprint density at radius 2 is 2.10 bits per heavy atom. The van der Waals surface area contributed by atoms with Crippen molar-refractivity contribution in [1.82, 2.24) is 15.3 Å². The van der Waals surface area contributed by atoms with Crippen molar-refractivity contribution in [2.45, 2.75) is 32.2 Å². The maximum atomic E-state index is 4.50. The summed E-state index contributed by atoms with van der Waals surface area (Å²) in [5, 5.41) is 3.60. The van der Waals surface area contributed by atoms with Gasteiger partial charge in [0.25, 0.3) is 0 Å². The molecule has 0 fully saturated rings. The normalized spacial score (nSPS) is 19.4. The SMILES string of the molecule is CCNC(c1cnccn1)C1CCc2ccccc2C1. The van der Waals surface area contributed by atoms with Gasteiger partial charge in [0.2, 0.25) is 0 Å². The van der Waals surface area contributed by atoms with Gasteiger partial charge in [0.15, 0.2) is 0 Å². The molecule has 0 saturated heterocycles. The first-order chi connectivity index (χ1) is 9.88. The van der Waals surface area contributed by atoms with E-state index in [1.54, 1.807) is 12.4 Å². The lowest BCUT2D eigenvalue weighted by atomic mass is 9.79. The van der Waals surface area contributed by atoms with Crippen molar-refractivity contribution < 1.29 is 0 Å². The number of fused-ring (bicyclic) bond motifs is 1. The van der Waals surface area contributed by atoms with E-state index in [0.717, 1.165) is 18.7 Å². The number of aryl methyl sites for hydroxylation is 1. The van der Waals surface area contributed by atoms with Crippen LogP contribution in [0.5, 0.6) is 0 Å². The van der Waals surface area contributed by atoms with Gasteiger partial charge in [-0.15, -0.1) is 0 Å². The van der Waals surface area contributed by atoms with Crippen molar-refractivity contribution >= 4 is 0 Å². The summed E-state index contributed by atoms with van der Waals surface area (Å²) in [7, 11) is 0. The molecule has 3 heteroatoms. The molecule has 1 aliphatic rings. The van der Waals surface area contributed by atoms with Crippen LogP contribution in [0, 0.1) is 5.92 Å². The minimum absolute atomic E-state index is 0.307. The Morgan fingerprint density at radius 1 is 1.25 bits per heavy atom. The summed E-state index contributed by atoms with van der Waals surface area (Å²) in [6.45, 7) is 3.11. The fourth-order valence-corrected chi connectivity index (χ4v) is 3.21. The molecule has 1 heterocycles. The van der Waals surface area contributed by atoms with E-state index in [2.05, 4.69) is 46.5 Å². The first-order valence-corrected chi connectivity index (χ1v) is 7.44. The first-order valence-electron chi connectivity index (χ1n) is 7.44. The molecule has 2 aromatic rings. The average molecular weight is 267 g/mol. The second-order valence-corrected chi connectivity index (χ2v) is 5.44. The van der Waals surface area contributed by atoms with Crippen LogP contribution in [0.1, 0.15) is 36.2 Å². The van der Waals surface area contributed by atoms with Crippen molar-refractivity contribution in [3.63, 3.8) is 0 Å². The van der Waals surface area contributed by atoms with E-state index in [1.807, 2.05) is 6.20 Å². The average Bonchev–Trinajstić information content (AvgIpc) is 2.53. The predicted octanol–water partition coefficient (Wildman–Crippen LogP) is 2.93. The molecule has 1 aromatic heterocycles. The Morgan fingerprint density at radius 3 is 2.85 bits per heavy atom. The molecule has 0 radical (unpaired) electrons. The van der Waals surface area contributed by atoms with Gasteiger partial charge in [-0.05, 0) is 42.9 Å². The molecule has 2 atom stereocenters. The second kappa shape index (κ2) is 6.14. The zero-order chi connectivity index (χ0) is 13.8. The molecule has 1 N–H and O–H groups in total. The minimum Gasteiger partial charge on any atom is -0.309 e. The van der Waals surface area contributed by atoms with E-state index in [-0.39, 0.29) is 0 Å². The molecule has 1 aliphatic carbocycles. The van der Waals surface area contributed by atoms with E-state index >= 15 is 0 Å². The maximum Gasteiger partial charge on any atom is 0.0759 e. The van der Waals surface area contributed by atoms with Crippen LogP contribution in [0.2, 0.25) is 0 Å². The highest BCUT2D eigenvalue weighted by atomic mass is 15.0.